The molecule has 0 radical (unpaired) electrons. The minimum atomic E-state index is -5.02. The summed E-state index contributed by atoms with van der Waals surface area (Å²) in [6.07, 6.45) is 2.15. The summed E-state index contributed by atoms with van der Waals surface area (Å²) in [5.41, 5.74) is -2.38. The summed E-state index contributed by atoms with van der Waals surface area (Å²) in [5, 5.41) is 6.08. The molecule has 0 aliphatic carbocycles. The van der Waals surface area contributed by atoms with Crippen LogP contribution in [0.25, 0.3) is 0 Å². The molecule has 0 aromatic heterocycles. The Labute approximate surface area is 133 Å². The fourth-order valence-electron chi connectivity index (χ4n) is 2.30. The normalized spacial score (nSPS) is 31.5. The predicted molar refractivity (Wildman–Crippen MR) is 79.5 cm³/mol. The van der Waals surface area contributed by atoms with Crippen LogP contribution < -0.4 is 0 Å². The van der Waals surface area contributed by atoms with Crippen molar-refractivity contribution >= 4 is 19.8 Å². The van der Waals surface area contributed by atoms with E-state index in [4.69, 9.17) is 15.9 Å². The molecule has 23 heavy (non-hydrogen) atoms. The van der Waals surface area contributed by atoms with Gasteiger partial charge in [0.25, 0.3) is 0 Å². The van der Waals surface area contributed by atoms with E-state index >= 15 is 0 Å². The van der Waals surface area contributed by atoms with E-state index in [1.165, 1.54) is 13.8 Å². The molecule has 1 N–H and O–H groups in total. The van der Waals surface area contributed by atoms with Gasteiger partial charge in [-0.15, -0.1) is 6.42 Å². The zero-order valence-electron chi connectivity index (χ0n) is 13.2. The molecule has 1 saturated heterocycles. The average Bonchev–Trinajstić information content (AvgIpc) is 2.99. The van der Waals surface area contributed by atoms with E-state index in [9.17, 15) is 23.1 Å². The number of hydrogen-bond donors (Lipinski definition) is 1. The first-order valence-electron chi connectivity index (χ1n) is 6.50. The van der Waals surface area contributed by atoms with Gasteiger partial charge in [-0.05, 0) is 13.8 Å². The maximum Gasteiger partial charge on any atom is 0.474 e. The van der Waals surface area contributed by atoms with Crippen molar-refractivity contribution in [3.8, 4) is 12.3 Å². The van der Waals surface area contributed by atoms with E-state index in [1.54, 1.807) is 0 Å². The number of epoxide rings is 1. The standard InChI is InChI=1S/C14H19F3O5P/c1-7-9(12(3)11(2,8-18)22-12)21-10(19)13(20-4,23(5)6)14(15,16)17/h1,9,18H,5,8H2,2-4,6H3/q+1. The van der Waals surface area contributed by atoms with Gasteiger partial charge < -0.3 is 19.3 Å². The molecule has 1 aliphatic rings. The Morgan fingerprint density at radius 2 is 2.04 bits per heavy atom. The summed E-state index contributed by atoms with van der Waals surface area (Å²) < 4.78 is 54.8. The Balaban J connectivity index is 3.14. The quantitative estimate of drug-likeness (QED) is 0.339. The largest absolute Gasteiger partial charge is 0.474 e. The number of halogens is 3. The van der Waals surface area contributed by atoms with Gasteiger partial charge in [-0.3, -0.25) is 0 Å². The van der Waals surface area contributed by atoms with E-state index in [-0.39, 0.29) is 0 Å². The second kappa shape index (κ2) is 6.06. The summed E-state index contributed by atoms with van der Waals surface area (Å²) in [4.78, 5) is 12.2. The lowest BCUT2D eigenvalue weighted by atomic mass is 9.91. The molecular weight excluding hydrogens is 336 g/mol. The van der Waals surface area contributed by atoms with Crippen molar-refractivity contribution in [3.63, 3.8) is 0 Å². The van der Waals surface area contributed by atoms with Crippen molar-refractivity contribution in [2.75, 3.05) is 20.4 Å². The van der Waals surface area contributed by atoms with Crippen LogP contribution in [0.3, 0.4) is 0 Å². The van der Waals surface area contributed by atoms with Gasteiger partial charge in [0.1, 0.15) is 18.7 Å². The second-order valence-corrected chi connectivity index (χ2v) is 7.62. The third-order valence-corrected chi connectivity index (χ3v) is 5.81. The maximum atomic E-state index is 13.4. The van der Waals surface area contributed by atoms with Crippen LogP contribution >= 0.6 is 7.55 Å². The van der Waals surface area contributed by atoms with E-state index in [0.29, 0.717) is 0 Å². The van der Waals surface area contributed by atoms with Crippen LogP contribution in [-0.2, 0) is 19.0 Å². The zero-order valence-corrected chi connectivity index (χ0v) is 14.1. The fraction of sp³-hybridized carbons (Fsp3) is 0.714. The lowest BCUT2D eigenvalue weighted by Crippen LogP contribution is -2.53. The number of aliphatic hydroxyl groups is 1. The molecule has 1 fully saturated rings. The van der Waals surface area contributed by atoms with Gasteiger partial charge in [0.2, 0.25) is 0 Å². The van der Waals surface area contributed by atoms with Crippen molar-refractivity contribution in [2.45, 2.75) is 42.7 Å². The van der Waals surface area contributed by atoms with Gasteiger partial charge in [-0.25, -0.2) is 4.79 Å². The number of hydrogen-bond acceptors (Lipinski definition) is 5. The summed E-state index contributed by atoms with van der Waals surface area (Å²) in [5.74, 6) is 0.426. The number of alkyl halides is 3. The number of terminal acetylenes is 1. The molecule has 0 bridgehead atoms. The van der Waals surface area contributed by atoms with Gasteiger partial charge in [0.15, 0.2) is 6.10 Å². The lowest BCUT2D eigenvalue weighted by Gasteiger charge is -2.27. The first-order valence-corrected chi connectivity index (χ1v) is 8.48. The third kappa shape index (κ3) is 2.87. The van der Waals surface area contributed by atoms with Crippen molar-refractivity contribution in [1.29, 1.82) is 0 Å². The molecule has 130 valence electrons. The van der Waals surface area contributed by atoms with Crippen molar-refractivity contribution in [1.82, 2.24) is 0 Å². The minimum absolute atomic E-state index is 0.427. The molecule has 9 heteroatoms. The summed E-state index contributed by atoms with van der Waals surface area (Å²) in [6, 6.07) is 0. The first kappa shape index (κ1) is 19.9. The molecule has 5 unspecified atom stereocenters. The van der Waals surface area contributed by atoms with Crippen LogP contribution in [0.5, 0.6) is 0 Å². The number of rotatable bonds is 6. The Bertz CT molecular complexity index is 558. The molecule has 5 nitrogen and oxygen atoms in total. The molecule has 0 aromatic rings. The molecule has 5 atom stereocenters. The highest BCUT2D eigenvalue weighted by Crippen LogP contribution is 2.53. The fourth-order valence-corrected chi connectivity index (χ4v) is 3.41. The molecular formula is C14H19F3O5P+. The summed E-state index contributed by atoms with van der Waals surface area (Å²) in [6.45, 7) is 3.67. The predicted octanol–water partition coefficient (Wildman–Crippen LogP) is 1.52. The number of esters is 1. The van der Waals surface area contributed by atoms with Crippen LogP contribution in [0.4, 0.5) is 13.2 Å². The molecule has 0 spiro atoms. The van der Waals surface area contributed by atoms with Crippen molar-refractivity contribution in [3.05, 3.63) is 0 Å². The van der Waals surface area contributed by atoms with Crippen molar-refractivity contribution < 1.29 is 37.3 Å². The molecule has 1 heterocycles. The van der Waals surface area contributed by atoms with Gasteiger partial charge in [0.05, 0.1) is 19.6 Å². The zero-order chi connectivity index (χ0) is 18.3. The Hall–Kier alpha value is -1.13. The van der Waals surface area contributed by atoms with E-state index in [1.807, 2.05) is 0 Å². The summed E-state index contributed by atoms with van der Waals surface area (Å²) >= 11 is 0. The molecule has 1 aliphatic heterocycles. The molecule has 0 amide bonds. The van der Waals surface area contributed by atoms with Crippen LogP contribution in [0.1, 0.15) is 13.8 Å². The number of methoxy groups -OCH3 is 1. The highest BCUT2D eigenvalue weighted by molar-refractivity contribution is 7.57. The molecule has 1 rings (SSSR count). The van der Waals surface area contributed by atoms with Crippen molar-refractivity contribution in [2.24, 2.45) is 0 Å². The monoisotopic (exact) mass is 355 g/mol. The van der Waals surface area contributed by atoms with Gasteiger partial charge in [-0.2, -0.15) is 13.2 Å². The van der Waals surface area contributed by atoms with Gasteiger partial charge in [0, 0.05) is 7.11 Å². The van der Waals surface area contributed by atoms with Gasteiger partial charge >= 0.3 is 17.5 Å². The third-order valence-electron chi connectivity index (χ3n) is 4.12. The van der Waals surface area contributed by atoms with E-state index in [2.05, 4.69) is 17.0 Å². The summed E-state index contributed by atoms with van der Waals surface area (Å²) in [7, 11) is -1.42. The Morgan fingerprint density at radius 3 is 2.30 bits per heavy atom. The van der Waals surface area contributed by atoms with Crippen LogP contribution in [0.2, 0.25) is 0 Å². The van der Waals surface area contributed by atoms with E-state index < -0.39 is 48.9 Å². The molecule has 0 saturated carbocycles. The highest BCUT2D eigenvalue weighted by Gasteiger charge is 2.74. The number of carbonyl (C=O) groups is 1. The maximum absolute atomic E-state index is 13.4. The SMILES string of the molecule is C#CC(OC(=O)C(OC)([P+](=C)C)C(F)(F)F)C1(C)OC1(C)CO. The Kier molecular flexibility index (Phi) is 5.25. The minimum Gasteiger partial charge on any atom is -0.440 e. The average molecular weight is 355 g/mol. The van der Waals surface area contributed by atoms with Crippen LogP contribution in [0, 0.1) is 12.3 Å². The number of aliphatic hydroxyl groups excluding tert-OH is 1. The van der Waals surface area contributed by atoms with Crippen LogP contribution in [0.15, 0.2) is 0 Å². The molecule has 0 aromatic carbocycles. The smallest absolute Gasteiger partial charge is 0.440 e. The number of carbonyl (C=O) groups excluding carboxylic acids is 1. The van der Waals surface area contributed by atoms with E-state index in [0.717, 1.165) is 13.8 Å². The van der Waals surface area contributed by atoms with Crippen LogP contribution in [-0.4, -0.2) is 66.6 Å². The number of ether oxygens (including phenoxy) is 3. The lowest BCUT2D eigenvalue weighted by molar-refractivity contribution is -0.241. The van der Waals surface area contributed by atoms with Gasteiger partial charge in [-0.1, -0.05) is 5.92 Å². The topological polar surface area (TPSA) is 68.3 Å². The highest BCUT2D eigenvalue weighted by atomic mass is 31.1. The first-order chi connectivity index (χ1) is 10.4. The Morgan fingerprint density at radius 1 is 1.52 bits per heavy atom. The second-order valence-electron chi connectivity index (χ2n) is 5.59.